The molecule has 0 unspecified atom stereocenters. The van der Waals surface area contributed by atoms with Crippen LogP contribution in [0.5, 0.6) is 0 Å². The zero-order chi connectivity index (χ0) is 12.0. The number of likely N-dealkylation sites (N-methyl/N-ethyl adjacent to an activating group) is 1. The average Bonchev–Trinajstić information content (AvgIpc) is 2.27. The number of benzene rings is 1. The van der Waals surface area contributed by atoms with Crippen LogP contribution in [0.1, 0.15) is 25.8 Å². The van der Waals surface area contributed by atoms with Crippen molar-refractivity contribution in [3.63, 3.8) is 0 Å². The average molecular weight is 219 g/mol. The van der Waals surface area contributed by atoms with E-state index in [0.29, 0.717) is 12.5 Å². The molecule has 1 aromatic carbocycles. The Labute approximate surface area is 98.3 Å². The van der Waals surface area contributed by atoms with Gasteiger partial charge in [0.25, 0.3) is 0 Å². The summed E-state index contributed by atoms with van der Waals surface area (Å²) in [5.74, 6) is 0.263. The number of rotatable bonds is 6. The summed E-state index contributed by atoms with van der Waals surface area (Å²) in [5, 5.41) is 0. The predicted molar refractivity (Wildman–Crippen MR) is 67.5 cm³/mol. The van der Waals surface area contributed by atoms with Gasteiger partial charge in [0.2, 0.25) is 0 Å². The molecule has 0 aliphatic heterocycles. The van der Waals surface area contributed by atoms with E-state index in [9.17, 15) is 4.79 Å². The van der Waals surface area contributed by atoms with Gasteiger partial charge in [0, 0.05) is 19.0 Å². The van der Waals surface area contributed by atoms with E-state index in [-0.39, 0.29) is 5.78 Å². The van der Waals surface area contributed by atoms with E-state index in [1.165, 1.54) is 5.56 Å². The van der Waals surface area contributed by atoms with Crippen LogP contribution in [0.2, 0.25) is 0 Å². The Hall–Kier alpha value is -1.15. The van der Waals surface area contributed by atoms with E-state index in [0.717, 1.165) is 13.0 Å². The first kappa shape index (κ1) is 12.9. The van der Waals surface area contributed by atoms with E-state index >= 15 is 0 Å². The molecule has 0 saturated carbocycles. The van der Waals surface area contributed by atoms with E-state index in [2.05, 4.69) is 43.1 Å². The molecule has 0 N–H and O–H groups in total. The molecular formula is C14H21NO. The molecule has 0 bridgehead atoms. The molecule has 0 radical (unpaired) electrons. The summed E-state index contributed by atoms with van der Waals surface area (Å²) in [4.78, 5) is 13.1. The Balaban J connectivity index is 2.39. The number of hydrogen-bond acceptors (Lipinski definition) is 2. The van der Waals surface area contributed by atoms with Gasteiger partial charge in [-0.2, -0.15) is 0 Å². The summed E-state index contributed by atoms with van der Waals surface area (Å²) >= 11 is 0. The van der Waals surface area contributed by atoms with Crippen LogP contribution in [-0.2, 0) is 11.2 Å². The number of carbonyl (C=O) groups is 1. The first-order valence-electron chi connectivity index (χ1n) is 5.83. The molecule has 0 amide bonds. The Morgan fingerprint density at radius 3 is 2.50 bits per heavy atom. The molecule has 0 aliphatic carbocycles. The molecule has 2 heteroatoms. The molecule has 1 aromatic rings. The van der Waals surface area contributed by atoms with Gasteiger partial charge in [0.15, 0.2) is 0 Å². The second kappa shape index (κ2) is 6.44. The highest BCUT2D eigenvalue weighted by Gasteiger charge is 2.10. The SMILES string of the molecule is CC(=O)CCN(C)[C@H](C)Cc1ccccc1. The van der Waals surface area contributed by atoms with Gasteiger partial charge in [-0.15, -0.1) is 0 Å². The largest absolute Gasteiger partial charge is 0.303 e. The summed E-state index contributed by atoms with van der Waals surface area (Å²) < 4.78 is 0. The van der Waals surface area contributed by atoms with Gasteiger partial charge >= 0.3 is 0 Å². The van der Waals surface area contributed by atoms with Crippen LogP contribution >= 0.6 is 0 Å². The molecule has 88 valence electrons. The fourth-order valence-electron chi connectivity index (χ4n) is 1.67. The van der Waals surface area contributed by atoms with Crippen molar-refractivity contribution in [3.8, 4) is 0 Å². The number of carbonyl (C=O) groups excluding carboxylic acids is 1. The Morgan fingerprint density at radius 1 is 1.31 bits per heavy atom. The normalized spacial score (nSPS) is 12.8. The third-order valence-electron chi connectivity index (χ3n) is 2.94. The van der Waals surface area contributed by atoms with E-state index in [1.54, 1.807) is 6.92 Å². The van der Waals surface area contributed by atoms with Crippen LogP contribution in [0.25, 0.3) is 0 Å². The quantitative estimate of drug-likeness (QED) is 0.732. The standard InChI is InChI=1S/C14H21NO/c1-12(15(3)10-9-13(2)16)11-14-7-5-4-6-8-14/h4-8,12H,9-11H2,1-3H3/t12-/m1/s1. The number of nitrogens with zero attached hydrogens (tertiary/aromatic N) is 1. The van der Waals surface area contributed by atoms with Crippen molar-refractivity contribution in [2.24, 2.45) is 0 Å². The molecule has 0 fully saturated rings. The van der Waals surface area contributed by atoms with E-state index in [4.69, 9.17) is 0 Å². The van der Waals surface area contributed by atoms with Gasteiger partial charge in [-0.1, -0.05) is 30.3 Å². The Bertz CT molecular complexity index is 321. The molecule has 2 nitrogen and oxygen atoms in total. The third-order valence-corrected chi connectivity index (χ3v) is 2.94. The maximum Gasteiger partial charge on any atom is 0.131 e. The molecule has 16 heavy (non-hydrogen) atoms. The minimum Gasteiger partial charge on any atom is -0.303 e. The number of ketones is 1. The van der Waals surface area contributed by atoms with Crippen molar-refractivity contribution in [2.45, 2.75) is 32.7 Å². The van der Waals surface area contributed by atoms with Crippen LogP contribution in [0.3, 0.4) is 0 Å². The van der Waals surface area contributed by atoms with Crippen LogP contribution < -0.4 is 0 Å². The lowest BCUT2D eigenvalue weighted by atomic mass is 10.1. The smallest absolute Gasteiger partial charge is 0.131 e. The van der Waals surface area contributed by atoms with Crippen molar-refractivity contribution in [2.75, 3.05) is 13.6 Å². The molecule has 0 heterocycles. The maximum atomic E-state index is 10.9. The molecule has 0 spiro atoms. The molecule has 1 rings (SSSR count). The van der Waals surface area contributed by atoms with Gasteiger partial charge in [-0.05, 0) is 32.9 Å². The lowest BCUT2D eigenvalue weighted by molar-refractivity contribution is -0.117. The van der Waals surface area contributed by atoms with E-state index < -0.39 is 0 Å². The maximum absolute atomic E-state index is 10.9. The molecule has 0 saturated heterocycles. The summed E-state index contributed by atoms with van der Waals surface area (Å²) in [6.07, 6.45) is 1.69. The van der Waals surface area contributed by atoms with Crippen LogP contribution in [0.15, 0.2) is 30.3 Å². The highest BCUT2D eigenvalue weighted by Crippen LogP contribution is 2.07. The monoisotopic (exact) mass is 219 g/mol. The summed E-state index contributed by atoms with van der Waals surface area (Å²) in [6, 6.07) is 10.9. The van der Waals surface area contributed by atoms with Crippen LogP contribution in [0.4, 0.5) is 0 Å². The minimum absolute atomic E-state index is 0.263. The third kappa shape index (κ3) is 4.58. The summed E-state index contributed by atoms with van der Waals surface area (Å²) in [6.45, 7) is 4.70. The number of Topliss-reactive ketones (excluding diaryl/α,β-unsaturated/α-hetero) is 1. The fourth-order valence-corrected chi connectivity index (χ4v) is 1.67. The van der Waals surface area contributed by atoms with Crippen molar-refractivity contribution in [1.82, 2.24) is 4.90 Å². The first-order chi connectivity index (χ1) is 7.59. The summed E-state index contributed by atoms with van der Waals surface area (Å²) in [7, 11) is 2.08. The zero-order valence-electron chi connectivity index (χ0n) is 10.4. The Morgan fingerprint density at radius 2 is 1.94 bits per heavy atom. The van der Waals surface area contributed by atoms with Gasteiger partial charge in [-0.3, -0.25) is 4.79 Å². The van der Waals surface area contributed by atoms with Crippen LogP contribution in [0, 0.1) is 0 Å². The molecule has 1 atom stereocenters. The van der Waals surface area contributed by atoms with E-state index in [1.807, 2.05) is 6.07 Å². The fraction of sp³-hybridized carbons (Fsp3) is 0.500. The highest BCUT2D eigenvalue weighted by molar-refractivity contribution is 5.75. The minimum atomic E-state index is 0.263. The Kier molecular flexibility index (Phi) is 5.20. The van der Waals surface area contributed by atoms with Gasteiger partial charge in [-0.25, -0.2) is 0 Å². The second-order valence-electron chi connectivity index (χ2n) is 4.47. The second-order valence-corrected chi connectivity index (χ2v) is 4.47. The zero-order valence-corrected chi connectivity index (χ0v) is 10.4. The lowest BCUT2D eigenvalue weighted by Gasteiger charge is -2.24. The molecule has 0 aromatic heterocycles. The highest BCUT2D eigenvalue weighted by atomic mass is 16.1. The predicted octanol–water partition coefficient (Wildman–Crippen LogP) is 2.53. The van der Waals surface area contributed by atoms with Crippen molar-refractivity contribution < 1.29 is 4.79 Å². The number of hydrogen-bond donors (Lipinski definition) is 0. The molecular weight excluding hydrogens is 198 g/mol. The first-order valence-corrected chi connectivity index (χ1v) is 5.83. The van der Waals surface area contributed by atoms with Crippen molar-refractivity contribution in [3.05, 3.63) is 35.9 Å². The molecule has 0 aliphatic rings. The summed E-state index contributed by atoms with van der Waals surface area (Å²) in [5.41, 5.74) is 1.35. The van der Waals surface area contributed by atoms with Gasteiger partial charge in [0.05, 0.1) is 0 Å². The van der Waals surface area contributed by atoms with Gasteiger partial charge in [0.1, 0.15) is 5.78 Å². The van der Waals surface area contributed by atoms with Crippen LogP contribution in [-0.4, -0.2) is 30.3 Å². The topological polar surface area (TPSA) is 20.3 Å². The lowest BCUT2D eigenvalue weighted by Crippen LogP contribution is -2.32. The van der Waals surface area contributed by atoms with Gasteiger partial charge < -0.3 is 4.90 Å². The van der Waals surface area contributed by atoms with Crippen molar-refractivity contribution >= 4 is 5.78 Å². The van der Waals surface area contributed by atoms with Crippen molar-refractivity contribution in [1.29, 1.82) is 0 Å².